The van der Waals surface area contributed by atoms with Gasteiger partial charge < -0.3 is 19.3 Å². The van der Waals surface area contributed by atoms with Crippen LogP contribution in [0.2, 0.25) is 0 Å². The fourth-order valence-electron chi connectivity index (χ4n) is 3.98. The van der Waals surface area contributed by atoms with Crippen molar-refractivity contribution in [3.8, 4) is 0 Å². The molecule has 192 valence electrons. The Bertz CT molecular complexity index is 1270. The summed E-state index contributed by atoms with van der Waals surface area (Å²) in [4.78, 5) is -0.108. The molecule has 2 saturated heterocycles. The van der Waals surface area contributed by atoms with Crippen LogP contribution in [0.15, 0.2) is 58.3 Å². The van der Waals surface area contributed by atoms with Crippen molar-refractivity contribution in [3.63, 3.8) is 0 Å². The van der Waals surface area contributed by atoms with Crippen LogP contribution < -0.4 is 0 Å². The molecule has 35 heavy (non-hydrogen) atoms. The minimum absolute atomic E-state index is 0.0494. The lowest BCUT2D eigenvalue weighted by molar-refractivity contribution is -0.272. The van der Waals surface area contributed by atoms with E-state index in [2.05, 4.69) is 0 Å². The smallest absolute Gasteiger partial charge is 0.297 e. The van der Waals surface area contributed by atoms with Crippen LogP contribution in [0, 0.1) is 13.8 Å². The Labute approximate surface area is 205 Å². The van der Waals surface area contributed by atoms with Crippen molar-refractivity contribution in [2.75, 3.05) is 13.2 Å². The van der Waals surface area contributed by atoms with Gasteiger partial charge in [-0.05, 0) is 52.0 Å². The van der Waals surface area contributed by atoms with Gasteiger partial charge in [0.25, 0.3) is 20.2 Å². The van der Waals surface area contributed by atoms with Gasteiger partial charge in [-0.25, -0.2) is 0 Å². The third-order valence-corrected chi connectivity index (χ3v) is 8.30. The first-order chi connectivity index (χ1) is 16.2. The predicted octanol–water partition coefficient (Wildman–Crippen LogP) is 2.02. The molecule has 2 fully saturated rings. The zero-order valence-electron chi connectivity index (χ0n) is 19.7. The second-order valence-electron chi connectivity index (χ2n) is 9.08. The Morgan fingerprint density at radius 2 is 1.31 bits per heavy atom. The van der Waals surface area contributed by atoms with Crippen molar-refractivity contribution < 1.29 is 44.5 Å². The summed E-state index contributed by atoms with van der Waals surface area (Å²) >= 11 is 0. The largest absolute Gasteiger partial charge is 0.387 e. The van der Waals surface area contributed by atoms with E-state index in [1.165, 1.54) is 24.3 Å². The van der Waals surface area contributed by atoms with E-state index in [1.54, 1.807) is 38.1 Å². The summed E-state index contributed by atoms with van der Waals surface area (Å²) in [5, 5.41) is 10.8. The molecule has 2 aliphatic heterocycles. The standard InChI is InChI=1S/C23H28O10S2/c1-15-5-9-17(10-6-15)34(25,26)29-13-19-20(24)21-23(31-19,33-22(3,4)32-21)14-30-35(27,28)18-11-7-16(2)8-12-18/h5-12,19-21,24H,13-14H2,1-4H3/t19-,20-,21-,23+/m1/s1. The van der Waals surface area contributed by atoms with Crippen molar-refractivity contribution in [2.24, 2.45) is 0 Å². The number of aliphatic hydroxyl groups is 1. The van der Waals surface area contributed by atoms with Gasteiger partial charge in [0, 0.05) is 0 Å². The molecule has 4 rings (SSSR count). The molecule has 0 amide bonds. The van der Waals surface area contributed by atoms with Gasteiger partial charge in [-0.2, -0.15) is 16.8 Å². The van der Waals surface area contributed by atoms with Gasteiger partial charge in [0.15, 0.2) is 5.79 Å². The molecule has 10 nitrogen and oxygen atoms in total. The van der Waals surface area contributed by atoms with Gasteiger partial charge in [0.1, 0.15) is 24.9 Å². The zero-order valence-corrected chi connectivity index (χ0v) is 21.3. The molecule has 0 aromatic heterocycles. The van der Waals surface area contributed by atoms with Crippen LogP contribution in [-0.4, -0.2) is 65.0 Å². The normalized spacial score (nSPS) is 28.2. The van der Waals surface area contributed by atoms with E-state index in [0.717, 1.165) is 11.1 Å². The monoisotopic (exact) mass is 528 g/mol. The van der Waals surface area contributed by atoms with E-state index < -0.39 is 63.3 Å². The third kappa shape index (κ3) is 5.44. The second-order valence-corrected chi connectivity index (χ2v) is 12.3. The number of ether oxygens (including phenoxy) is 3. The van der Waals surface area contributed by atoms with E-state index >= 15 is 0 Å². The SMILES string of the molecule is Cc1ccc(S(=O)(=O)OC[C@H]2O[C@@]3(COS(=O)(=O)c4ccc(C)cc4)OC(C)(C)O[C@@H]3[C@@H]2O)cc1. The zero-order chi connectivity index (χ0) is 25.6. The maximum Gasteiger partial charge on any atom is 0.297 e. The Kier molecular flexibility index (Phi) is 6.88. The fraction of sp³-hybridized carbons (Fsp3) is 0.478. The van der Waals surface area contributed by atoms with Crippen LogP contribution in [0.25, 0.3) is 0 Å². The van der Waals surface area contributed by atoms with E-state index in [4.69, 9.17) is 22.6 Å². The van der Waals surface area contributed by atoms with Crippen molar-refractivity contribution in [1.29, 1.82) is 0 Å². The van der Waals surface area contributed by atoms with Crippen LogP contribution in [-0.2, 0) is 42.8 Å². The van der Waals surface area contributed by atoms with Gasteiger partial charge in [-0.15, -0.1) is 0 Å². The van der Waals surface area contributed by atoms with Crippen LogP contribution in [0.3, 0.4) is 0 Å². The molecule has 2 aliphatic rings. The summed E-state index contributed by atoms with van der Waals surface area (Å²) in [7, 11) is -8.31. The van der Waals surface area contributed by atoms with Crippen molar-refractivity contribution >= 4 is 20.2 Å². The molecular weight excluding hydrogens is 500 g/mol. The lowest BCUT2D eigenvalue weighted by Crippen LogP contribution is -2.45. The first-order valence-corrected chi connectivity index (χ1v) is 13.7. The number of benzene rings is 2. The van der Waals surface area contributed by atoms with Gasteiger partial charge in [0.2, 0.25) is 5.79 Å². The quantitative estimate of drug-likeness (QED) is 0.507. The predicted molar refractivity (Wildman–Crippen MR) is 122 cm³/mol. The number of aryl methyl sites for hydroxylation is 2. The van der Waals surface area contributed by atoms with Gasteiger partial charge in [-0.1, -0.05) is 35.4 Å². The Morgan fingerprint density at radius 1 is 0.829 bits per heavy atom. The summed E-state index contributed by atoms with van der Waals surface area (Å²) in [5.74, 6) is -3.02. The van der Waals surface area contributed by atoms with Crippen LogP contribution in [0.4, 0.5) is 0 Å². The lowest BCUT2D eigenvalue weighted by atomic mass is 10.1. The highest BCUT2D eigenvalue weighted by atomic mass is 32.2. The number of hydrogen-bond donors (Lipinski definition) is 1. The topological polar surface area (TPSA) is 135 Å². The molecule has 2 aromatic carbocycles. The van der Waals surface area contributed by atoms with E-state index in [-0.39, 0.29) is 9.79 Å². The van der Waals surface area contributed by atoms with E-state index in [1.807, 2.05) is 13.8 Å². The lowest BCUT2D eigenvalue weighted by Gasteiger charge is -2.28. The van der Waals surface area contributed by atoms with Gasteiger partial charge in [-0.3, -0.25) is 8.37 Å². The first-order valence-electron chi connectivity index (χ1n) is 10.9. The maximum atomic E-state index is 12.7. The minimum atomic E-state index is -4.18. The fourth-order valence-corrected chi connectivity index (χ4v) is 5.82. The molecule has 0 radical (unpaired) electrons. The molecule has 12 heteroatoms. The number of hydrogen-bond acceptors (Lipinski definition) is 10. The highest BCUT2D eigenvalue weighted by molar-refractivity contribution is 7.87. The Morgan fingerprint density at radius 3 is 1.83 bits per heavy atom. The molecule has 2 heterocycles. The van der Waals surface area contributed by atoms with Crippen molar-refractivity contribution in [1.82, 2.24) is 0 Å². The number of aliphatic hydroxyl groups excluding tert-OH is 1. The van der Waals surface area contributed by atoms with Crippen LogP contribution in [0.5, 0.6) is 0 Å². The van der Waals surface area contributed by atoms with E-state index in [9.17, 15) is 21.9 Å². The molecule has 0 saturated carbocycles. The summed E-state index contributed by atoms with van der Waals surface area (Å²) in [6.45, 7) is 5.61. The third-order valence-electron chi connectivity index (χ3n) is 5.73. The number of rotatable bonds is 8. The summed E-state index contributed by atoms with van der Waals surface area (Å²) in [5.41, 5.74) is 1.76. The average Bonchev–Trinajstić information content (AvgIpc) is 3.19. The molecule has 1 N–H and O–H groups in total. The maximum absolute atomic E-state index is 12.7. The molecule has 0 spiro atoms. The molecule has 4 atom stereocenters. The van der Waals surface area contributed by atoms with Crippen molar-refractivity contribution in [3.05, 3.63) is 59.7 Å². The summed E-state index contributed by atoms with van der Waals surface area (Å²) in [6.07, 6.45) is -3.72. The molecule has 2 aromatic rings. The van der Waals surface area contributed by atoms with E-state index in [0.29, 0.717) is 0 Å². The Hall–Kier alpha value is -1.90. The summed E-state index contributed by atoms with van der Waals surface area (Å²) in [6, 6.07) is 12.2. The van der Waals surface area contributed by atoms with Gasteiger partial charge >= 0.3 is 0 Å². The molecule has 0 aliphatic carbocycles. The van der Waals surface area contributed by atoms with Gasteiger partial charge in [0.05, 0.1) is 16.4 Å². The molecule has 0 bridgehead atoms. The average molecular weight is 529 g/mol. The number of fused-ring (bicyclic) bond motifs is 1. The Balaban J connectivity index is 1.50. The highest BCUT2D eigenvalue weighted by Crippen LogP contribution is 2.46. The highest BCUT2D eigenvalue weighted by Gasteiger charge is 2.65. The van der Waals surface area contributed by atoms with Crippen molar-refractivity contribution in [2.45, 2.75) is 67.4 Å². The summed E-state index contributed by atoms with van der Waals surface area (Å²) < 4.78 is 78.3. The molecule has 0 unspecified atom stereocenters. The molecular formula is C23H28O10S2. The van der Waals surface area contributed by atoms with Crippen LogP contribution in [0.1, 0.15) is 25.0 Å². The first kappa shape index (κ1) is 26.2. The second kappa shape index (κ2) is 9.20. The minimum Gasteiger partial charge on any atom is -0.387 e. The van der Waals surface area contributed by atoms with Crippen LogP contribution >= 0.6 is 0 Å².